The fraction of sp³-hybridized carbons (Fsp3) is 0. The molecule has 0 aliphatic heterocycles. The number of aromatic amines is 1. The van der Waals surface area contributed by atoms with Gasteiger partial charge in [-0.3, -0.25) is 9.89 Å². The predicted molar refractivity (Wildman–Crippen MR) is 61.7 cm³/mol. The first kappa shape index (κ1) is 9.59. The number of fused-ring (bicyclic) bond motifs is 1. The third-order valence-electron chi connectivity index (χ3n) is 2.35. The van der Waals surface area contributed by atoms with Crippen LogP contribution in [-0.2, 0) is 0 Å². The van der Waals surface area contributed by atoms with E-state index in [9.17, 15) is 4.79 Å². The van der Waals surface area contributed by atoms with Crippen LogP contribution in [0.1, 0.15) is 10.5 Å². The van der Waals surface area contributed by atoms with Gasteiger partial charge in [0.1, 0.15) is 17.2 Å². The molecule has 0 saturated heterocycles. The molecule has 84 valence electrons. The van der Waals surface area contributed by atoms with E-state index in [-0.39, 0.29) is 5.91 Å². The fourth-order valence-corrected chi connectivity index (χ4v) is 1.56. The molecule has 3 aromatic rings. The number of imidazole rings is 1. The van der Waals surface area contributed by atoms with Gasteiger partial charge in [0.05, 0.1) is 6.20 Å². The molecule has 6 nitrogen and oxygen atoms in total. The number of carbonyl (C=O) groups is 1. The Morgan fingerprint density at radius 3 is 3.06 bits per heavy atom. The second kappa shape index (κ2) is 3.75. The number of carbonyl (C=O) groups excluding carboxylic acids is 1. The zero-order valence-electron chi connectivity index (χ0n) is 8.79. The maximum atomic E-state index is 11.8. The van der Waals surface area contributed by atoms with E-state index in [1.54, 1.807) is 22.9 Å². The van der Waals surface area contributed by atoms with Gasteiger partial charge in [-0.1, -0.05) is 6.07 Å². The summed E-state index contributed by atoms with van der Waals surface area (Å²) in [5, 5.41) is 9.07. The van der Waals surface area contributed by atoms with Crippen molar-refractivity contribution in [3.05, 3.63) is 48.5 Å². The minimum absolute atomic E-state index is 0.266. The van der Waals surface area contributed by atoms with Crippen LogP contribution in [0.15, 0.2) is 42.9 Å². The summed E-state index contributed by atoms with van der Waals surface area (Å²) in [6.45, 7) is 0. The van der Waals surface area contributed by atoms with Crippen LogP contribution in [0.5, 0.6) is 0 Å². The first-order valence-corrected chi connectivity index (χ1v) is 5.07. The molecular weight excluding hydrogens is 218 g/mol. The highest BCUT2D eigenvalue weighted by molar-refractivity contribution is 6.02. The van der Waals surface area contributed by atoms with Crippen LogP contribution in [0, 0.1) is 0 Å². The van der Waals surface area contributed by atoms with E-state index < -0.39 is 0 Å². The number of nitrogens with one attached hydrogen (secondary N) is 2. The number of nitrogens with zero attached hydrogens (tertiary/aromatic N) is 3. The molecule has 2 N–H and O–H groups in total. The molecule has 6 heteroatoms. The van der Waals surface area contributed by atoms with E-state index in [1.165, 1.54) is 0 Å². The molecular formula is C11H9N5O. The van der Waals surface area contributed by atoms with Crippen LogP contribution in [0.2, 0.25) is 0 Å². The van der Waals surface area contributed by atoms with Crippen LogP contribution in [0.25, 0.3) is 5.65 Å². The molecule has 0 radical (unpaired) electrons. The van der Waals surface area contributed by atoms with Crippen LogP contribution in [0.3, 0.4) is 0 Å². The zero-order valence-corrected chi connectivity index (χ0v) is 8.79. The predicted octanol–water partition coefficient (Wildman–Crippen LogP) is 1.31. The van der Waals surface area contributed by atoms with Gasteiger partial charge in [-0.25, -0.2) is 4.98 Å². The molecule has 3 heterocycles. The van der Waals surface area contributed by atoms with Gasteiger partial charge in [-0.2, -0.15) is 5.10 Å². The quantitative estimate of drug-likeness (QED) is 0.693. The molecule has 0 spiro atoms. The maximum Gasteiger partial charge on any atom is 0.277 e. The lowest BCUT2D eigenvalue weighted by Crippen LogP contribution is -2.12. The van der Waals surface area contributed by atoms with E-state index in [0.717, 1.165) is 5.65 Å². The average Bonchev–Trinajstić information content (AvgIpc) is 2.96. The molecule has 1 amide bonds. The number of amides is 1. The van der Waals surface area contributed by atoms with Crippen molar-refractivity contribution in [1.82, 2.24) is 19.6 Å². The Labute approximate surface area is 96.3 Å². The van der Waals surface area contributed by atoms with E-state index in [4.69, 9.17) is 0 Å². The van der Waals surface area contributed by atoms with Gasteiger partial charge in [-0.15, -0.1) is 0 Å². The van der Waals surface area contributed by atoms with Crippen LogP contribution in [0.4, 0.5) is 5.82 Å². The molecule has 0 unspecified atom stereocenters. The largest absolute Gasteiger partial charge is 0.306 e. The van der Waals surface area contributed by atoms with Gasteiger partial charge in [0, 0.05) is 18.5 Å². The Morgan fingerprint density at radius 2 is 2.29 bits per heavy atom. The van der Waals surface area contributed by atoms with Crippen molar-refractivity contribution in [2.75, 3.05) is 5.32 Å². The monoisotopic (exact) mass is 227 g/mol. The van der Waals surface area contributed by atoms with Crippen molar-refractivity contribution in [3.63, 3.8) is 0 Å². The van der Waals surface area contributed by atoms with Gasteiger partial charge in [-0.05, 0) is 12.1 Å². The van der Waals surface area contributed by atoms with Gasteiger partial charge in [0.25, 0.3) is 5.91 Å². The number of aromatic nitrogens is 4. The molecule has 0 atom stereocenters. The number of rotatable bonds is 2. The van der Waals surface area contributed by atoms with E-state index in [2.05, 4.69) is 20.5 Å². The second-order valence-electron chi connectivity index (χ2n) is 3.52. The summed E-state index contributed by atoms with van der Waals surface area (Å²) in [6.07, 6.45) is 5.09. The summed E-state index contributed by atoms with van der Waals surface area (Å²) in [6, 6.07) is 7.27. The highest BCUT2D eigenvalue weighted by atomic mass is 16.2. The summed E-state index contributed by atoms with van der Waals surface area (Å²) < 4.78 is 1.79. The number of hydrogen-bond acceptors (Lipinski definition) is 3. The number of pyridine rings is 1. The minimum Gasteiger partial charge on any atom is -0.306 e. The number of hydrogen-bond donors (Lipinski definition) is 2. The summed E-state index contributed by atoms with van der Waals surface area (Å²) in [7, 11) is 0. The Bertz CT molecular complexity index is 622. The van der Waals surface area contributed by atoms with Crippen molar-refractivity contribution in [2.45, 2.75) is 0 Å². The standard InChI is InChI=1S/C11H9N5O/c17-11(14-9-4-5-12-15-9)8-7-16-6-2-1-3-10(16)13-8/h1-7H,(H2,12,14,15,17). The summed E-state index contributed by atoms with van der Waals surface area (Å²) in [5.41, 5.74) is 1.10. The zero-order chi connectivity index (χ0) is 11.7. The molecule has 17 heavy (non-hydrogen) atoms. The lowest BCUT2D eigenvalue weighted by molar-refractivity contribution is 0.102. The molecule has 0 aromatic carbocycles. The molecule has 0 fully saturated rings. The van der Waals surface area contributed by atoms with Crippen molar-refractivity contribution in [3.8, 4) is 0 Å². The Morgan fingerprint density at radius 1 is 1.35 bits per heavy atom. The van der Waals surface area contributed by atoms with E-state index >= 15 is 0 Å². The normalized spacial score (nSPS) is 10.6. The molecule has 3 rings (SSSR count). The SMILES string of the molecule is O=C(Nc1ccn[nH]1)c1cn2ccccc2n1. The third kappa shape index (κ3) is 1.76. The topological polar surface area (TPSA) is 75.1 Å². The summed E-state index contributed by atoms with van der Waals surface area (Å²) in [4.78, 5) is 16.1. The van der Waals surface area contributed by atoms with Gasteiger partial charge in [0.2, 0.25) is 0 Å². The summed E-state index contributed by atoms with van der Waals surface area (Å²) in [5.74, 6) is 0.282. The van der Waals surface area contributed by atoms with Crippen LogP contribution < -0.4 is 5.32 Å². The lowest BCUT2D eigenvalue weighted by atomic mass is 10.4. The van der Waals surface area contributed by atoms with Gasteiger partial charge in [0.15, 0.2) is 0 Å². The summed E-state index contributed by atoms with van der Waals surface area (Å²) >= 11 is 0. The fourth-order valence-electron chi connectivity index (χ4n) is 1.56. The number of H-pyrrole nitrogens is 1. The smallest absolute Gasteiger partial charge is 0.277 e. The molecule has 0 aliphatic carbocycles. The number of anilines is 1. The lowest BCUT2D eigenvalue weighted by Gasteiger charge is -1.97. The Hall–Kier alpha value is -2.63. The van der Waals surface area contributed by atoms with Crippen molar-refractivity contribution in [2.24, 2.45) is 0 Å². The van der Waals surface area contributed by atoms with E-state index in [0.29, 0.717) is 11.5 Å². The second-order valence-corrected chi connectivity index (χ2v) is 3.52. The van der Waals surface area contributed by atoms with Crippen molar-refractivity contribution in [1.29, 1.82) is 0 Å². The van der Waals surface area contributed by atoms with Crippen molar-refractivity contribution >= 4 is 17.4 Å². The molecule has 0 saturated carbocycles. The molecule has 0 bridgehead atoms. The van der Waals surface area contributed by atoms with Gasteiger partial charge >= 0.3 is 0 Å². The maximum absolute atomic E-state index is 11.8. The minimum atomic E-state index is -0.266. The average molecular weight is 227 g/mol. The van der Waals surface area contributed by atoms with Gasteiger partial charge < -0.3 is 9.72 Å². The highest BCUT2D eigenvalue weighted by Crippen LogP contribution is 2.07. The van der Waals surface area contributed by atoms with Crippen molar-refractivity contribution < 1.29 is 4.79 Å². The van der Waals surface area contributed by atoms with E-state index in [1.807, 2.05) is 24.4 Å². The first-order chi connectivity index (χ1) is 8.33. The van der Waals surface area contributed by atoms with Crippen LogP contribution in [-0.4, -0.2) is 25.5 Å². The Balaban J connectivity index is 1.90. The highest BCUT2D eigenvalue weighted by Gasteiger charge is 2.10. The first-order valence-electron chi connectivity index (χ1n) is 5.07. The molecule has 0 aliphatic rings. The Kier molecular flexibility index (Phi) is 2.11. The molecule has 3 aromatic heterocycles. The third-order valence-corrected chi connectivity index (χ3v) is 2.35. The van der Waals surface area contributed by atoms with Crippen LogP contribution >= 0.6 is 0 Å².